The van der Waals surface area contributed by atoms with Crippen LogP contribution in [0, 0.1) is 16.7 Å². The molecule has 1 aromatic rings. The normalized spacial score (nSPS) is 32.3. The lowest BCUT2D eigenvalue weighted by molar-refractivity contribution is -0.126. The summed E-state index contributed by atoms with van der Waals surface area (Å²) in [6.07, 6.45) is 5.22. The van der Waals surface area contributed by atoms with Crippen LogP contribution in [0.2, 0.25) is 0 Å². The van der Waals surface area contributed by atoms with Gasteiger partial charge in [0.05, 0.1) is 5.41 Å². The zero-order valence-electron chi connectivity index (χ0n) is 11.6. The number of benzene rings is 1. The third kappa shape index (κ3) is 1.88. The van der Waals surface area contributed by atoms with E-state index in [9.17, 15) is 4.79 Å². The molecule has 0 heterocycles. The van der Waals surface area contributed by atoms with Crippen molar-refractivity contribution < 1.29 is 4.79 Å². The molecule has 2 heteroatoms. The van der Waals surface area contributed by atoms with Crippen molar-refractivity contribution in [3.8, 4) is 0 Å². The summed E-state index contributed by atoms with van der Waals surface area (Å²) in [6.45, 7) is 4.54. The minimum Gasteiger partial charge on any atom is -0.299 e. The molecule has 2 bridgehead atoms. The highest BCUT2D eigenvalue weighted by atomic mass is 32.2. The molecule has 2 fully saturated rings. The predicted octanol–water partition coefficient (Wildman–Crippen LogP) is 4.69. The Morgan fingerprint density at radius 1 is 1.26 bits per heavy atom. The van der Waals surface area contributed by atoms with Crippen molar-refractivity contribution in [1.82, 2.24) is 0 Å². The van der Waals surface area contributed by atoms with Crippen LogP contribution in [0.15, 0.2) is 46.7 Å². The monoisotopic (exact) mass is 272 g/mol. The van der Waals surface area contributed by atoms with Crippen LogP contribution in [-0.4, -0.2) is 5.78 Å². The van der Waals surface area contributed by atoms with Crippen molar-refractivity contribution in [3.05, 3.63) is 41.8 Å². The van der Waals surface area contributed by atoms with Crippen LogP contribution in [-0.2, 0) is 4.79 Å². The molecular weight excluding hydrogens is 252 g/mol. The molecule has 100 valence electrons. The molecule has 0 N–H and O–H groups in total. The molecule has 2 atom stereocenters. The quantitative estimate of drug-likeness (QED) is 0.743. The lowest BCUT2D eigenvalue weighted by Gasteiger charge is -2.33. The molecule has 2 aliphatic carbocycles. The summed E-state index contributed by atoms with van der Waals surface area (Å²) >= 11 is 1.71. The number of carbonyl (C=O) groups is 1. The number of Topliss-reactive ketones (excluding diaryl/α,β-unsaturated/α-hetero) is 1. The Bertz CT molecular complexity index is 517. The Labute approximate surface area is 119 Å². The van der Waals surface area contributed by atoms with E-state index in [0.29, 0.717) is 11.7 Å². The van der Waals surface area contributed by atoms with Crippen LogP contribution in [0.1, 0.15) is 33.1 Å². The van der Waals surface area contributed by atoms with Crippen LogP contribution in [0.25, 0.3) is 0 Å². The third-order valence-corrected chi connectivity index (χ3v) is 6.10. The van der Waals surface area contributed by atoms with Crippen molar-refractivity contribution >= 4 is 17.5 Å². The molecule has 1 aromatic carbocycles. The van der Waals surface area contributed by atoms with Crippen molar-refractivity contribution in [2.24, 2.45) is 16.7 Å². The molecule has 0 aliphatic heterocycles. The van der Waals surface area contributed by atoms with E-state index in [4.69, 9.17) is 0 Å². The average Bonchev–Trinajstić information content (AvgIpc) is 2.74. The van der Waals surface area contributed by atoms with E-state index in [1.807, 2.05) is 18.2 Å². The number of hydrogen-bond donors (Lipinski definition) is 0. The first-order chi connectivity index (χ1) is 9.06. The van der Waals surface area contributed by atoms with Gasteiger partial charge in [-0.3, -0.25) is 4.79 Å². The lowest BCUT2D eigenvalue weighted by atomic mass is 9.69. The summed E-state index contributed by atoms with van der Waals surface area (Å²) in [5, 5.41) is 2.13. The molecule has 2 saturated carbocycles. The first-order valence-corrected chi connectivity index (χ1v) is 7.87. The van der Waals surface area contributed by atoms with Crippen LogP contribution in [0.4, 0.5) is 0 Å². The van der Waals surface area contributed by atoms with Gasteiger partial charge in [0.1, 0.15) is 5.78 Å². The average molecular weight is 272 g/mol. The second kappa shape index (κ2) is 4.52. The fourth-order valence-corrected chi connectivity index (χ4v) is 4.60. The smallest absolute Gasteiger partial charge is 0.143 e. The van der Waals surface area contributed by atoms with Gasteiger partial charge in [0.15, 0.2) is 0 Å². The Kier molecular flexibility index (Phi) is 3.09. The van der Waals surface area contributed by atoms with Gasteiger partial charge in [0.25, 0.3) is 0 Å². The van der Waals surface area contributed by atoms with Crippen molar-refractivity contribution in [2.75, 3.05) is 0 Å². The van der Waals surface area contributed by atoms with Gasteiger partial charge >= 0.3 is 0 Å². The van der Waals surface area contributed by atoms with Crippen LogP contribution >= 0.6 is 11.8 Å². The maximum absolute atomic E-state index is 12.4. The first kappa shape index (κ1) is 13.0. The molecule has 19 heavy (non-hydrogen) atoms. The van der Waals surface area contributed by atoms with Gasteiger partial charge in [0.2, 0.25) is 0 Å². The van der Waals surface area contributed by atoms with Crippen LogP contribution in [0.5, 0.6) is 0 Å². The first-order valence-electron chi connectivity index (χ1n) is 6.99. The van der Waals surface area contributed by atoms with E-state index in [1.54, 1.807) is 11.8 Å². The van der Waals surface area contributed by atoms with Crippen LogP contribution in [0.3, 0.4) is 0 Å². The largest absolute Gasteiger partial charge is 0.299 e. The molecule has 0 aromatic heterocycles. The topological polar surface area (TPSA) is 17.1 Å². The fraction of sp³-hybridized carbons (Fsp3) is 0.471. The predicted molar refractivity (Wildman–Crippen MR) is 80.0 cm³/mol. The number of ketones is 1. The minimum absolute atomic E-state index is 0.137. The molecule has 0 saturated heterocycles. The van der Waals surface area contributed by atoms with Gasteiger partial charge in [-0.2, -0.15) is 0 Å². The summed E-state index contributed by atoms with van der Waals surface area (Å²) in [5.74, 6) is 1.05. The van der Waals surface area contributed by atoms with Gasteiger partial charge in [-0.15, -0.1) is 0 Å². The number of carbonyl (C=O) groups excluding carboxylic acids is 1. The summed E-state index contributed by atoms with van der Waals surface area (Å²) < 4.78 is 0. The highest BCUT2D eigenvalue weighted by Crippen LogP contribution is 2.64. The van der Waals surface area contributed by atoms with Crippen molar-refractivity contribution in [3.63, 3.8) is 0 Å². The molecule has 0 amide bonds. The highest BCUT2D eigenvalue weighted by Gasteiger charge is 2.62. The number of hydrogen-bond acceptors (Lipinski definition) is 2. The van der Waals surface area contributed by atoms with Crippen molar-refractivity contribution in [2.45, 2.75) is 38.0 Å². The molecule has 1 nitrogen and oxygen atoms in total. The van der Waals surface area contributed by atoms with Gasteiger partial charge in [-0.05, 0) is 41.7 Å². The number of fused-ring (bicyclic) bond motifs is 2. The highest BCUT2D eigenvalue weighted by molar-refractivity contribution is 8.02. The lowest BCUT2D eigenvalue weighted by Crippen LogP contribution is -2.33. The van der Waals surface area contributed by atoms with Gasteiger partial charge < -0.3 is 0 Å². The summed E-state index contributed by atoms with van der Waals surface area (Å²) in [5.41, 5.74) is -0.0583. The number of thioether (sulfide) groups is 1. The Balaban J connectivity index is 1.80. The third-order valence-electron chi connectivity index (χ3n) is 5.29. The molecule has 3 rings (SSSR count). The summed E-state index contributed by atoms with van der Waals surface area (Å²) in [6, 6.07) is 10.3. The van der Waals surface area contributed by atoms with Gasteiger partial charge in [0, 0.05) is 11.3 Å². The van der Waals surface area contributed by atoms with Crippen molar-refractivity contribution in [1.29, 1.82) is 0 Å². The van der Waals surface area contributed by atoms with E-state index >= 15 is 0 Å². The maximum Gasteiger partial charge on any atom is 0.143 e. The minimum atomic E-state index is -0.195. The summed E-state index contributed by atoms with van der Waals surface area (Å²) in [7, 11) is 0. The van der Waals surface area contributed by atoms with Crippen LogP contribution < -0.4 is 0 Å². The van der Waals surface area contributed by atoms with E-state index in [-0.39, 0.29) is 10.8 Å². The zero-order valence-corrected chi connectivity index (χ0v) is 12.4. The van der Waals surface area contributed by atoms with Gasteiger partial charge in [-0.1, -0.05) is 49.9 Å². The number of allylic oxidation sites excluding steroid dienone is 1. The Morgan fingerprint density at radius 2 is 2.00 bits per heavy atom. The van der Waals surface area contributed by atoms with E-state index < -0.39 is 0 Å². The fourth-order valence-electron chi connectivity index (χ4n) is 3.83. The second-order valence-corrected chi connectivity index (χ2v) is 7.27. The van der Waals surface area contributed by atoms with Gasteiger partial charge in [-0.25, -0.2) is 0 Å². The molecule has 2 aliphatic rings. The standard InChI is InChI=1S/C17H20OS/c1-16(2)13-8-9-17(16,15(18)12-13)10-11-19-14-6-4-3-5-7-14/h3-7,10-11,13H,8-9,12H2,1-2H3/b11-10+/t13-,17+/m0/s1. The summed E-state index contributed by atoms with van der Waals surface area (Å²) in [4.78, 5) is 13.6. The molecular formula is C17H20OS. The van der Waals surface area contributed by atoms with E-state index in [0.717, 1.165) is 12.8 Å². The maximum atomic E-state index is 12.4. The SMILES string of the molecule is CC1(C)[C@H]2CC[C@@]1(/C=C/Sc1ccccc1)C(=O)C2. The second-order valence-electron chi connectivity index (χ2n) is 6.29. The molecule has 0 unspecified atom stereocenters. The number of rotatable bonds is 3. The Morgan fingerprint density at radius 3 is 2.58 bits per heavy atom. The zero-order chi connectivity index (χ0) is 13.5. The van der Waals surface area contributed by atoms with E-state index in [1.165, 1.54) is 11.3 Å². The Hall–Kier alpha value is -1.02. The van der Waals surface area contributed by atoms with E-state index in [2.05, 4.69) is 37.5 Å². The molecule has 0 spiro atoms. The molecule has 0 radical (unpaired) electrons.